The molecule has 1 aromatic heterocycles. The highest BCUT2D eigenvalue weighted by atomic mass is 32.1. The van der Waals surface area contributed by atoms with E-state index in [4.69, 9.17) is 0 Å². The van der Waals surface area contributed by atoms with Gasteiger partial charge in [0.25, 0.3) is 0 Å². The number of aryl methyl sites for hydroxylation is 1. The third kappa shape index (κ3) is 2.66. The zero-order chi connectivity index (χ0) is 10.5. The summed E-state index contributed by atoms with van der Waals surface area (Å²) < 4.78 is 1.29. The molecule has 1 nitrogen and oxygen atoms in total. The van der Waals surface area contributed by atoms with Crippen molar-refractivity contribution in [3.05, 3.63) is 48.3 Å². The maximum absolute atomic E-state index is 4.59. The number of fused-ring (bicyclic) bond motifs is 1. The van der Waals surface area contributed by atoms with Crippen LogP contribution in [0.4, 0.5) is 0 Å². The SMILES string of the molecule is [CH2]C=CCCCc1nc2ccccc2s1. The molecule has 2 aromatic rings. The van der Waals surface area contributed by atoms with E-state index in [-0.39, 0.29) is 0 Å². The summed E-state index contributed by atoms with van der Waals surface area (Å²) in [5.41, 5.74) is 1.13. The number of unbranched alkanes of at least 4 members (excludes halogenated alkanes) is 1. The molecule has 0 amide bonds. The topological polar surface area (TPSA) is 12.9 Å². The van der Waals surface area contributed by atoms with Gasteiger partial charge in [-0.1, -0.05) is 24.3 Å². The number of rotatable bonds is 4. The highest BCUT2D eigenvalue weighted by Crippen LogP contribution is 2.22. The second-order valence-electron chi connectivity index (χ2n) is 3.44. The molecule has 0 atom stereocenters. The summed E-state index contributed by atoms with van der Waals surface area (Å²) in [6, 6.07) is 8.31. The highest BCUT2D eigenvalue weighted by Gasteiger charge is 2.01. The average Bonchev–Trinajstić information content (AvgIpc) is 2.67. The summed E-state index contributed by atoms with van der Waals surface area (Å²) in [5.74, 6) is 0. The summed E-state index contributed by atoms with van der Waals surface area (Å²) >= 11 is 1.80. The first-order chi connectivity index (χ1) is 7.40. The van der Waals surface area contributed by atoms with Crippen molar-refractivity contribution in [2.24, 2.45) is 0 Å². The van der Waals surface area contributed by atoms with E-state index < -0.39 is 0 Å². The normalized spacial score (nSPS) is 11.5. The van der Waals surface area contributed by atoms with Gasteiger partial charge >= 0.3 is 0 Å². The van der Waals surface area contributed by atoms with Crippen molar-refractivity contribution in [2.45, 2.75) is 19.3 Å². The van der Waals surface area contributed by atoms with Gasteiger partial charge in [0.15, 0.2) is 0 Å². The van der Waals surface area contributed by atoms with Gasteiger partial charge in [0, 0.05) is 0 Å². The third-order valence-corrected chi connectivity index (χ3v) is 3.36. The molecule has 1 radical (unpaired) electrons. The molecule has 77 valence electrons. The first-order valence-corrected chi connectivity index (χ1v) is 6.00. The minimum atomic E-state index is 1.07. The summed E-state index contributed by atoms with van der Waals surface area (Å²) in [6.07, 6.45) is 7.29. The van der Waals surface area contributed by atoms with E-state index in [1.807, 2.05) is 12.1 Å². The van der Waals surface area contributed by atoms with E-state index in [1.54, 1.807) is 11.3 Å². The molecule has 1 aromatic carbocycles. The molecule has 0 fully saturated rings. The molecule has 0 saturated carbocycles. The van der Waals surface area contributed by atoms with Crippen LogP contribution in [0.25, 0.3) is 10.2 Å². The zero-order valence-electron chi connectivity index (χ0n) is 8.65. The molecular formula is C13H14NS. The maximum atomic E-state index is 4.59. The van der Waals surface area contributed by atoms with Gasteiger partial charge in [0.05, 0.1) is 15.2 Å². The lowest BCUT2D eigenvalue weighted by atomic mass is 10.2. The summed E-state index contributed by atoms with van der Waals surface area (Å²) in [5, 5.41) is 1.24. The van der Waals surface area contributed by atoms with Crippen molar-refractivity contribution >= 4 is 21.6 Å². The number of allylic oxidation sites excluding steroid dienone is 2. The third-order valence-electron chi connectivity index (χ3n) is 2.27. The molecule has 15 heavy (non-hydrogen) atoms. The molecule has 2 rings (SSSR count). The predicted molar refractivity (Wildman–Crippen MR) is 67.1 cm³/mol. The smallest absolute Gasteiger partial charge is 0.0938 e. The molecule has 2 heteroatoms. The van der Waals surface area contributed by atoms with Crippen LogP contribution in [0.15, 0.2) is 36.4 Å². The first kappa shape index (κ1) is 10.4. The number of hydrogen-bond acceptors (Lipinski definition) is 2. The van der Waals surface area contributed by atoms with Gasteiger partial charge in [0.1, 0.15) is 0 Å². The van der Waals surface area contributed by atoms with Crippen LogP contribution in [-0.4, -0.2) is 4.98 Å². The minimum absolute atomic E-state index is 1.07. The van der Waals surface area contributed by atoms with E-state index >= 15 is 0 Å². The van der Waals surface area contributed by atoms with Crippen molar-refractivity contribution in [3.63, 3.8) is 0 Å². The van der Waals surface area contributed by atoms with Crippen LogP contribution in [-0.2, 0) is 6.42 Å². The average molecular weight is 216 g/mol. The largest absolute Gasteiger partial charge is 0.241 e. The van der Waals surface area contributed by atoms with Gasteiger partial charge in [-0.25, -0.2) is 4.98 Å². The van der Waals surface area contributed by atoms with Crippen LogP contribution >= 0.6 is 11.3 Å². The number of nitrogens with zero attached hydrogens (tertiary/aromatic N) is 1. The number of hydrogen-bond donors (Lipinski definition) is 0. The van der Waals surface area contributed by atoms with Crippen molar-refractivity contribution in [1.29, 1.82) is 0 Å². The Kier molecular flexibility index (Phi) is 3.51. The Balaban J connectivity index is 2.02. The molecule has 0 saturated heterocycles. The van der Waals surface area contributed by atoms with Crippen LogP contribution in [0.3, 0.4) is 0 Å². The molecule has 0 bridgehead atoms. The van der Waals surface area contributed by atoms with Crippen LogP contribution < -0.4 is 0 Å². The Bertz CT molecular complexity index is 423. The highest BCUT2D eigenvalue weighted by molar-refractivity contribution is 7.18. The standard InChI is InChI=1S/C13H14NS/c1-2-3-4-5-10-13-14-11-8-6-7-9-12(11)15-13/h2-3,6-9H,1,4-5,10H2. The number of aromatic nitrogens is 1. The molecular weight excluding hydrogens is 202 g/mol. The van der Waals surface area contributed by atoms with Crippen LogP contribution in [0.5, 0.6) is 0 Å². The van der Waals surface area contributed by atoms with Gasteiger partial charge in [-0.2, -0.15) is 0 Å². The lowest BCUT2D eigenvalue weighted by molar-refractivity contribution is 0.838. The van der Waals surface area contributed by atoms with E-state index in [2.05, 4.69) is 36.2 Å². The van der Waals surface area contributed by atoms with Crippen molar-refractivity contribution in [3.8, 4) is 0 Å². The Morgan fingerprint density at radius 3 is 3.00 bits per heavy atom. The van der Waals surface area contributed by atoms with Gasteiger partial charge in [-0.05, 0) is 38.3 Å². The monoisotopic (exact) mass is 216 g/mol. The van der Waals surface area contributed by atoms with E-state index in [1.165, 1.54) is 9.71 Å². The fourth-order valence-electron chi connectivity index (χ4n) is 1.52. The Morgan fingerprint density at radius 2 is 2.20 bits per heavy atom. The van der Waals surface area contributed by atoms with E-state index in [0.717, 1.165) is 24.8 Å². The summed E-state index contributed by atoms with van der Waals surface area (Å²) in [7, 11) is 0. The fraction of sp³-hybridized carbons (Fsp3) is 0.231. The Hall–Kier alpha value is -1.15. The van der Waals surface area contributed by atoms with Gasteiger partial charge in [-0.3, -0.25) is 0 Å². The first-order valence-electron chi connectivity index (χ1n) is 5.19. The predicted octanol–water partition coefficient (Wildman–Crippen LogP) is 4.01. The molecule has 0 spiro atoms. The van der Waals surface area contributed by atoms with Gasteiger partial charge in [-0.15, -0.1) is 11.3 Å². The molecule has 0 aliphatic heterocycles. The van der Waals surface area contributed by atoms with Crippen LogP contribution in [0.1, 0.15) is 17.8 Å². The van der Waals surface area contributed by atoms with Crippen LogP contribution in [0.2, 0.25) is 0 Å². The number of benzene rings is 1. The fourth-order valence-corrected chi connectivity index (χ4v) is 2.52. The Labute approximate surface area is 94.5 Å². The van der Waals surface area contributed by atoms with Gasteiger partial charge < -0.3 is 0 Å². The molecule has 1 heterocycles. The molecule has 0 aliphatic carbocycles. The van der Waals surface area contributed by atoms with Crippen LogP contribution in [0, 0.1) is 6.92 Å². The van der Waals surface area contributed by atoms with Gasteiger partial charge in [0.2, 0.25) is 0 Å². The Morgan fingerprint density at radius 1 is 1.33 bits per heavy atom. The van der Waals surface area contributed by atoms with Crippen molar-refractivity contribution in [2.75, 3.05) is 0 Å². The maximum Gasteiger partial charge on any atom is 0.0938 e. The van der Waals surface area contributed by atoms with Crippen molar-refractivity contribution < 1.29 is 0 Å². The lowest BCUT2D eigenvalue weighted by Crippen LogP contribution is -1.81. The zero-order valence-corrected chi connectivity index (χ0v) is 9.46. The number of thiazole rings is 1. The molecule has 0 unspecified atom stereocenters. The summed E-state index contributed by atoms with van der Waals surface area (Å²) in [6.45, 7) is 3.67. The number of para-hydroxylation sites is 1. The van der Waals surface area contributed by atoms with E-state index in [0.29, 0.717) is 0 Å². The minimum Gasteiger partial charge on any atom is -0.241 e. The molecule has 0 aliphatic rings. The van der Waals surface area contributed by atoms with E-state index in [9.17, 15) is 0 Å². The summed E-state index contributed by atoms with van der Waals surface area (Å²) in [4.78, 5) is 4.59. The quantitative estimate of drug-likeness (QED) is 0.704. The lowest BCUT2D eigenvalue weighted by Gasteiger charge is -1.91. The molecule has 0 N–H and O–H groups in total. The van der Waals surface area contributed by atoms with Crippen molar-refractivity contribution in [1.82, 2.24) is 4.98 Å². The second kappa shape index (κ2) is 5.08. The second-order valence-corrected chi connectivity index (χ2v) is 4.55.